The van der Waals surface area contributed by atoms with Gasteiger partial charge in [-0.3, -0.25) is 10.1 Å². The van der Waals surface area contributed by atoms with Crippen LogP contribution in [0.3, 0.4) is 0 Å². The maximum absolute atomic E-state index is 12.8. The van der Waals surface area contributed by atoms with Gasteiger partial charge in [0.1, 0.15) is 6.10 Å². The molecule has 8 heteroatoms. The fourth-order valence-electron chi connectivity index (χ4n) is 4.02. The number of hydrogen-bond acceptors (Lipinski definition) is 6. The second-order valence-corrected chi connectivity index (χ2v) is 8.32. The van der Waals surface area contributed by atoms with Crippen LogP contribution in [0.15, 0.2) is 71.8 Å². The minimum Gasteiger partial charge on any atom is -0.493 e. The Kier molecular flexibility index (Phi) is 7.85. The second kappa shape index (κ2) is 11.4. The molecule has 0 spiro atoms. The molecule has 8 nitrogen and oxygen atoms in total. The summed E-state index contributed by atoms with van der Waals surface area (Å²) >= 11 is 0. The number of ether oxygens (including phenoxy) is 3. The number of carbonyl (C=O) groups excluding carboxylic acids is 2. The monoisotopic (exact) mass is 487 g/mol. The van der Waals surface area contributed by atoms with E-state index in [-0.39, 0.29) is 18.6 Å². The molecule has 1 aliphatic rings. The average Bonchev–Trinajstić information content (AvgIpc) is 3.30. The molecular weight excluding hydrogens is 458 g/mol. The third kappa shape index (κ3) is 6.02. The molecule has 0 aliphatic heterocycles. The second-order valence-electron chi connectivity index (χ2n) is 8.32. The van der Waals surface area contributed by atoms with E-state index in [1.165, 1.54) is 16.1 Å². The summed E-state index contributed by atoms with van der Waals surface area (Å²) in [6, 6.07) is 20.4. The van der Waals surface area contributed by atoms with E-state index in [2.05, 4.69) is 22.6 Å². The van der Waals surface area contributed by atoms with Crippen molar-refractivity contribution in [1.82, 2.24) is 5.01 Å². The van der Waals surface area contributed by atoms with Gasteiger partial charge >= 0.3 is 6.09 Å². The zero-order chi connectivity index (χ0) is 25.5. The van der Waals surface area contributed by atoms with Gasteiger partial charge in [0.25, 0.3) is 5.91 Å². The molecule has 0 bridgehead atoms. The van der Waals surface area contributed by atoms with Gasteiger partial charge in [-0.2, -0.15) is 5.10 Å². The molecule has 0 unspecified atom stereocenters. The van der Waals surface area contributed by atoms with Crippen LogP contribution in [-0.2, 0) is 17.6 Å². The van der Waals surface area contributed by atoms with E-state index in [0.29, 0.717) is 22.7 Å². The quantitative estimate of drug-likeness (QED) is 0.360. The summed E-state index contributed by atoms with van der Waals surface area (Å²) in [6.45, 7) is 2.01. The first kappa shape index (κ1) is 24.8. The Morgan fingerprint density at radius 3 is 2.36 bits per heavy atom. The number of anilines is 1. The van der Waals surface area contributed by atoms with Crippen molar-refractivity contribution < 1.29 is 23.8 Å². The molecule has 0 saturated heterocycles. The highest BCUT2D eigenvalue weighted by Crippen LogP contribution is 2.32. The molecule has 0 fully saturated rings. The van der Waals surface area contributed by atoms with Crippen molar-refractivity contribution in [2.24, 2.45) is 5.10 Å². The average molecular weight is 488 g/mol. The SMILES string of the molecule is CCOC(=O)Nc1ccc(C(=O)N(C)N=Cc2ccc(OC)c(OC3Cc4ccccc4C3)c2)cc1. The zero-order valence-corrected chi connectivity index (χ0v) is 20.6. The van der Waals surface area contributed by atoms with Gasteiger partial charge in [0.15, 0.2) is 11.5 Å². The van der Waals surface area contributed by atoms with Crippen molar-refractivity contribution in [3.63, 3.8) is 0 Å². The number of rotatable bonds is 8. The maximum atomic E-state index is 12.8. The summed E-state index contributed by atoms with van der Waals surface area (Å²) in [4.78, 5) is 24.3. The standard InChI is InChI=1S/C28H29N3O5/c1-4-35-28(33)30-23-12-10-20(11-13-23)27(32)31(2)29-18-19-9-14-25(34-3)26(15-19)36-24-16-21-7-5-6-8-22(21)17-24/h5-15,18,24H,4,16-17H2,1-3H3,(H,30,33). The Balaban J connectivity index is 1.40. The van der Waals surface area contributed by atoms with Crippen LogP contribution in [0.2, 0.25) is 0 Å². The van der Waals surface area contributed by atoms with Crippen LogP contribution >= 0.6 is 0 Å². The van der Waals surface area contributed by atoms with E-state index < -0.39 is 6.09 Å². The van der Waals surface area contributed by atoms with E-state index in [1.54, 1.807) is 51.6 Å². The molecule has 186 valence electrons. The first-order valence-electron chi connectivity index (χ1n) is 11.7. The summed E-state index contributed by atoms with van der Waals surface area (Å²) < 4.78 is 16.6. The van der Waals surface area contributed by atoms with Crippen molar-refractivity contribution >= 4 is 23.9 Å². The lowest BCUT2D eigenvalue weighted by molar-refractivity contribution is 0.0800. The molecule has 0 saturated carbocycles. The van der Waals surface area contributed by atoms with E-state index >= 15 is 0 Å². The Hall–Kier alpha value is -4.33. The third-order valence-electron chi connectivity index (χ3n) is 5.82. The number of nitrogens with one attached hydrogen (secondary N) is 1. The predicted octanol–water partition coefficient (Wildman–Crippen LogP) is 4.92. The van der Waals surface area contributed by atoms with E-state index in [9.17, 15) is 9.59 Å². The van der Waals surface area contributed by atoms with Gasteiger partial charge in [0.05, 0.1) is 19.9 Å². The molecule has 1 aliphatic carbocycles. The van der Waals surface area contributed by atoms with Crippen LogP contribution in [0.4, 0.5) is 10.5 Å². The number of benzene rings is 3. The molecule has 0 atom stereocenters. The van der Waals surface area contributed by atoms with Gasteiger partial charge in [-0.1, -0.05) is 24.3 Å². The maximum Gasteiger partial charge on any atom is 0.411 e. The number of hydrogen-bond donors (Lipinski definition) is 1. The summed E-state index contributed by atoms with van der Waals surface area (Å²) in [6.07, 6.45) is 2.80. The summed E-state index contributed by atoms with van der Waals surface area (Å²) in [5.41, 5.74) is 4.36. The molecule has 1 N–H and O–H groups in total. The van der Waals surface area contributed by atoms with Gasteiger partial charge in [-0.25, -0.2) is 9.80 Å². The Morgan fingerprint density at radius 1 is 1.03 bits per heavy atom. The number of amides is 2. The number of nitrogens with zero attached hydrogens (tertiary/aromatic N) is 2. The fraction of sp³-hybridized carbons (Fsp3) is 0.250. The van der Waals surface area contributed by atoms with E-state index in [4.69, 9.17) is 14.2 Å². The molecule has 3 aromatic carbocycles. The van der Waals surface area contributed by atoms with Crippen molar-refractivity contribution in [3.8, 4) is 11.5 Å². The minimum atomic E-state index is -0.543. The van der Waals surface area contributed by atoms with Crippen LogP contribution in [-0.4, -0.2) is 50.1 Å². The number of fused-ring (bicyclic) bond motifs is 1. The Labute approximate surface area is 210 Å². The number of hydrazone groups is 1. The predicted molar refractivity (Wildman–Crippen MR) is 138 cm³/mol. The molecule has 2 amide bonds. The van der Waals surface area contributed by atoms with Crippen LogP contribution in [0.5, 0.6) is 11.5 Å². The molecule has 36 heavy (non-hydrogen) atoms. The summed E-state index contributed by atoms with van der Waals surface area (Å²) in [7, 11) is 3.19. The van der Waals surface area contributed by atoms with Gasteiger partial charge < -0.3 is 14.2 Å². The van der Waals surface area contributed by atoms with Crippen molar-refractivity contribution in [2.75, 3.05) is 26.1 Å². The lowest BCUT2D eigenvalue weighted by Crippen LogP contribution is -2.21. The van der Waals surface area contributed by atoms with Crippen LogP contribution in [0, 0.1) is 0 Å². The molecule has 0 heterocycles. The van der Waals surface area contributed by atoms with Crippen molar-refractivity contribution in [2.45, 2.75) is 25.9 Å². The fourth-order valence-corrected chi connectivity index (χ4v) is 4.02. The van der Waals surface area contributed by atoms with Crippen LogP contribution in [0.25, 0.3) is 0 Å². The van der Waals surface area contributed by atoms with Crippen molar-refractivity contribution in [1.29, 1.82) is 0 Å². The van der Waals surface area contributed by atoms with Crippen molar-refractivity contribution in [3.05, 3.63) is 89.0 Å². The lowest BCUT2D eigenvalue weighted by Gasteiger charge is -2.16. The Bertz CT molecular complexity index is 1230. The highest BCUT2D eigenvalue weighted by Gasteiger charge is 2.23. The zero-order valence-electron chi connectivity index (χ0n) is 20.6. The molecular formula is C28H29N3O5. The smallest absolute Gasteiger partial charge is 0.411 e. The summed E-state index contributed by atoms with van der Waals surface area (Å²) in [5.74, 6) is 0.990. The number of carbonyl (C=O) groups is 2. The van der Waals surface area contributed by atoms with Crippen LogP contribution < -0.4 is 14.8 Å². The Morgan fingerprint density at radius 2 is 1.72 bits per heavy atom. The molecule has 0 radical (unpaired) electrons. The van der Waals surface area contributed by atoms with Crippen LogP contribution in [0.1, 0.15) is 34.0 Å². The van der Waals surface area contributed by atoms with Gasteiger partial charge in [-0.05, 0) is 66.1 Å². The molecule has 4 rings (SSSR count). The normalized spacial score (nSPS) is 12.8. The largest absolute Gasteiger partial charge is 0.493 e. The molecule has 0 aromatic heterocycles. The van der Waals surface area contributed by atoms with Gasteiger partial charge in [0.2, 0.25) is 0 Å². The first-order valence-corrected chi connectivity index (χ1v) is 11.7. The van der Waals surface area contributed by atoms with E-state index in [1.807, 2.05) is 30.3 Å². The third-order valence-corrected chi connectivity index (χ3v) is 5.82. The highest BCUT2D eigenvalue weighted by molar-refractivity contribution is 5.95. The summed E-state index contributed by atoms with van der Waals surface area (Å²) in [5, 5.41) is 8.15. The highest BCUT2D eigenvalue weighted by atomic mass is 16.5. The lowest BCUT2D eigenvalue weighted by atomic mass is 10.1. The van der Waals surface area contributed by atoms with E-state index in [0.717, 1.165) is 18.4 Å². The minimum absolute atomic E-state index is 0.0361. The number of methoxy groups -OCH3 is 1. The van der Waals surface area contributed by atoms with Gasteiger partial charge in [-0.15, -0.1) is 0 Å². The topological polar surface area (TPSA) is 89.5 Å². The molecule has 3 aromatic rings. The first-order chi connectivity index (χ1) is 17.5. The van der Waals surface area contributed by atoms with Gasteiger partial charge in [0, 0.05) is 31.1 Å².